The molecule has 0 atom stereocenters. The second kappa shape index (κ2) is 6.12. The van der Waals surface area contributed by atoms with Crippen LogP contribution >= 0.6 is 23.1 Å². The Labute approximate surface area is 110 Å². The van der Waals surface area contributed by atoms with E-state index >= 15 is 0 Å². The molecule has 17 heavy (non-hydrogen) atoms. The maximum Gasteiger partial charge on any atom is 0.265 e. The lowest BCUT2D eigenvalue weighted by molar-refractivity contribution is 0.0959. The van der Waals surface area contributed by atoms with Crippen LogP contribution in [0.15, 0.2) is 12.2 Å². The van der Waals surface area contributed by atoms with Crippen molar-refractivity contribution in [3.63, 3.8) is 0 Å². The molecular weight excluding hydrogens is 258 g/mol. The number of nitrogens with zero attached hydrogens (tertiary/aromatic N) is 2. The summed E-state index contributed by atoms with van der Waals surface area (Å²) in [4.78, 5) is 12.5. The minimum Gasteiger partial charge on any atom is -0.348 e. The van der Waals surface area contributed by atoms with Gasteiger partial charge in [0.1, 0.15) is 4.88 Å². The van der Waals surface area contributed by atoms with Gasteiger partial charge in [-0.15, -0.1) is 16.7 Å². The molecule has 1 aromatic rings. The fourth-order valence-corrected chi connectivity index (χ4v) is 2.13. The van der Waals surface area contributed by atoms with Crippen LogP contribution in [-0.4, -0.2) is 27.9 Å². The highest BCUT2D eigenvalue weighted by Crippen LogP contribution is 2.25. The summed E-state index contributed by atoms with van der Waals surface area (Å²) in [6.07, 6.45) is 3.60. The summed E-state index contributed by atoms with van der Waals surface area (Å²) in [6.45, 7) is 6.49. The van der Waals surface area contributed by atoms with E-state index in [1.54, 1.807) is 6.08 Å². The third-order valence-corrected chi connectivity index (χ3v) is 2.94. The van der Waals surface area contributed by atoms with Gasteiger partial charge in [-0.3, -0.25) is 4.79 Å². The maximum absolute atomic E-state index is 11.9. The van der Waals surface area contributed by atoms with Gasteiger partial charge in [0.2, 0.25) is 0 Å². The minimum absolute atomic E-state index is 0.135. The Balaban J connectivity index is 2.70. The molecule has 1 heterocycles. The number of amides is 1. The quantitative estimate of drug-likeness (QED) is 0.677. The first kappa shape index (κ1) is 14.1. The normalized spacial score (nSPS) is 12.0. The number of carbonyl (C=O) groups excluding carboxylic acids is 1. The largest absolute Gasteiger partial charge is 0.348 e. The van der Waals surface area contributed by atoms with Crippen molar-refractivity contribution in [3.8, 4) is 0 Å². The van der Waals surface area contributed by atoms with Gasteiger partial charge in [0.25, 0.3) is 5.91 Å². The topological polar surface area (TPSA) is 54.9 Å². The molecule has 0 spiro atoms. The van der Waals surface area contributed by atoms with Gasteiger partial charge in [-0.25, -0.2) is 0 Å². The lowest BCUT2D eigenvalue weighted by Gasteiger charge is -2.15. The molecule has 94 valence electrons. The molecule has 1 aromatic heterocycles. The Morgan fingerprint density at radius 2 is 2.18 bits per heavy atom. The summed E-state index contributed by atoms with van der Waals surface area (Å²) in [7, 11) is 0. The van der Waals surface area contributed by atoms with Gasteiger partial charge in [0.05, 0.1) is 5.69 Å². The van der Waals surface area contributed by atoms with E-state index in [0.29, 0.717) is 17.3 Å². The Morgan fingerprint density at radius 1 is 1.47 bits per heavy atom. The molecule has 0 aliphatic heterocycles. The number of alkyl halides is 1. The molecule has 0 radical (unpaired) electrons. The molecule has 0 unspecified atom stereocenters. The van der Waals surface area contributed by atoms with Crippen molar-refractivity contribution in [2.24, 2.45) is 0 Å². The lowest BCUT2D eigenvalue weighted by atomic mass is 9.91. The SMILES string of the molecule is CC(C)(C)c1nnsc1C(=O)NC/C=C/CCl. The third kappa shape index (κ3) is 4.09. The highest BCUT2D eigenvalue weighted by atomic mass is 35.5. The zero-order valence-electron chi connectivity index (χ0n) is 10.2. The molecule has 1 rings (SSSR count). The molecule has 0 fully saturated rings. The van der Waals surface area contributed by atoms with E-state index in [-0.39, 0.29) is 11.3 Å². The van der Waals surface area contributed by atoms with Crippen molar-refractivity contribution in [2.45, 2.75) is 26.2 Å². The lowest BCUT2D eigenvalue weighted by Crippen LogP contribution is -2.26. The molecule has 0 saturated heterocycles. The fraction of sp³-hybridized carbons (Fsp3) is 0.545. The molecule has 1 amide bonds. The van der Waals surface area contributed by atoms with Crippen molar-refractivity contribution in [3.05, 3.63) is 22.7 Å². The zero-order chi connectivity index (χ0) is 12.9. The molecule has 1 N–H and O–H groups in total. The average Bonchev–Trinajstić information content (AvgIpc) is 2.72. The van der Waals surface area contributed by atoms with Crippen LogP contribution < -0.4 is 5.32 Å². The number of allylic oxidation sites excluding steroid dienone is 1. The summed E-state index contributed by atoms with van der Waals surface area (Å²) < 4.78 is 3.85. The molecule has 0 aliphatic rings. The first-order valence-electron chi connectivity index (χ1n) is 5.29. The minimum atomic E-state index is -0.175. The van der Waals surface area contributed by atoms with Crippen molar-refractivity contribution >= 4 is 29.0 Å². The predicted octanol–water partition coefficient (Wildman–Crippen LogP) is 2.36. The van der Waals surface area contributed by atoms with Gasteiger partial charge in [-0.05, 0) is 11.5 Å². The Morgan fingerprint density at radius 3 is 2.76 bits per heavy atom. The summed E-state index contributed by atoms with van der Waals surface area (Å²) >= 11 is 6.61. The van der Waals surface area contributed by atoms with Crippen LogP contribution in [0.25, 0.3) is 0 Å². The van der Waals surface area contributed by atoms with E-state index in [2.05, 4.69) is 14.9 Å². The number of carbonyl (C=O) groups is 1. The molecule has 0 saturated carbocycles. The van der Waals surface area contributed by atoms with Crippen LogP contribution in [0, 0.1) is 0 Å². The van der Waals surface area contributed by atoms with Gasteiger partial charge >= 0.3 is 0 Å². The first-order valence-corrected chi connectivity index (χ1v) is 6.59. The summed E-state index contributed by atoms with van der Waals surface area (Å²) in [5.74, 6) is 0.315. The summed E-state index contributed by atoms with van der Waals surface area (Å²) in [5, 5.41) is 6.80. The van der Waals surface area contributed by atoms with Crippen molar-refractivity contribution in [1.82, 2.24) is 14.9 Å². The van der Waals surface area contributed by atoms with Crippen LogP contribution in [0.4, 0.5) is 0 Å². The second-order valence-electron chi connectivity index (χ2n) is 4.54. The molecule has 0 aromatic carbocycles. The van der Waals surface area contributed by atoms with Crippen LogP contribution in [0.2, 0.25) is 0 Å². The number of nitrogens with one attached hydrogen (secondary N) is 1. The predicted molar refractivity (Wildman–Crippen MR) is 70.8 cm³/mol. The highest BCUT2D eigenvalue weighted by Gasteiger charge is 2.25. The number of rotatable bonds is 4. The number of hydrogen-bond acceptors (Lipinski definition) is 4. The van der Waals surface area contributed by atoms with E-state index in [1.165, 1.54) is 0 Å². The van der Waals surface area contributed by atoms with Crippen LogP contribution in [0.5, 0.6) is 0 Å². The number of halogens is 1. The van der Waals surface area contributed by atoms with E-state index < -0.39 is 0 Å². The Hall–Kier alpha value is -0.940. The highest BCUT2D eigenvalue weighted by molar-refractivity contribution is 7.08. The van der Waals surface area contributed by atoms with Crippen molar-refractivity contribution < 1.29 is 4.79 Å². The molecule has 0 bridgehead atoms. The summed E-state index contributed by atoms with van der Waals surface area (Å²) in [5.41, 5.74) is 0.562. The van der Waals surface area contributed by atoms with E-state index in [4.69, 9.17) is 11.6 Å². The van der Waals surface area contributed by atoms with E-state index in [1.807, 2.05) is 26.8 Å². The van der Waals surface area contributed by atoms with E-state index in [9.17, 15) is 4.79 Å². The standard InChI is InChI=1S/C11H16ClN3OS/c1-11(2,3)9-8(17-15-14-9)10(16)13-7-5-4-6-12/h4-5H,6-7H2,1-3H3,(H,13,16)/b5-4+. The smallest absolute Gasteiger partial charge is 0.265 e. The van der Waals surface area contributed by atoms with Gasteiger partial charge < -0.3 is 5.32 Å². The number of hydrogen-bond donors (Lipinski definition) is 1. The van der Waals surface area contributed by atoms with Crippen molar-refractivity contribution in [2.75, 3.05) is 12.4 Å². The van der Waals surface area contributed by atoms with Crippen LogP contribution in [-0.2, 0) is 5.41 Å². The Bertz CT molecular complexity index is 409. The van der Waals surface area contributed by atoms with Gasteiger partial charge in [0.15, 0.2) is 0 Å². The first-order chi connectivity index (χ1) is 7.96. The Kier molecular flexibility index (Phi) is 5.08. The fourth-order valence-electron chi connectivity index (χ4n) is 1.21. The van der Waals surface area contributed by atoms with Crippen LogP contribution in [0.1, 0.15) is 36.1 Å². The number of aromatic nitrogens is 2. The van der Waals surface area contributed by atoms with Crippen LogP contribution in [0.3, 0.4) is 0 Å². The maximum atomic E-state index is 11.9. The van der Waals surface area contributed by atoms with Crippen molar-refractivity contribution in [1.29, 1.82) is 0 Å². The van der Waals surface area contributed by atoms with Gasteiger partial charge in [0, 0.05) is 17.8 Å². The average molecular weight is 274 g/mol. The van der Waals surface area contributed by atoms with Gasteiger partial charge in [-0.2, -0.15) is 0 Å². The van der Waals surface area contributed by atoms with Gasteiger partial charge in [-0.1, -0.05) is 37.4 Å². The summed E-state index contributed by atoms with van der Waals surface area (Å²) in [6, 6.07) is 0. The zero-order valence-corrected chi connectivity index (χ0v) is 11.7. The molecular formula is C11H16ClN3OS. The molecule has 4 nitrogen and oxygen atoms in total. The molecule has 0 aliphatic carbocycles. The van der Waals surface area contributed by atoms with E-state index in [0.717, 1.165) is 17.2 Å². The molecule has 6 heteroatoms. The third-order valence-electron chi connectivity index (χ3n) is 2.04. The monoisotopic (exact) mass is 273 g/mol. The second-order valence-corrected chi connectivity index (χ2v) is 5.60.